The first-order valence-electron chi connectivity index (χ1n) is 3.76. The first-order chi connectivity index (χ1) is 6.60. The van der Waals surface area contributed by atoms with E-state index in [1.165, 1.54) is 0 Å². The summed E-state index contributed by atoms with van der Waals surface area (Å²) in [5.74, 6) is -0.714. The minimum Gasteiger partial charge on any atom is -0.506 e. The predicted octanol–water partition coefficient (Wildman–Crippen LogP) is 1.96. The van der Waals surface area contributed by atoms with Gasteiger partial charge in [0.1, 0.15) is 11.4 Å². The van der Waals surface area contributed by atoms with E-state index in [1.807, 2.05) is 0 Å². The summed E-state index contributed by atoms with van der Waals surface area (Å²) in [5.41, 5.74) is -0.304. The minimum absolute atomic E-state index is 0.0874. The molecule has 0 radical (unpaired) electrons. The van der Waals surface area contributed by atoms with Crippen molar-refractivity contribution in [3.63, 3.8) is 0 Å². The average molecular weight is 224 g/mol. The van der Waals surface area contributed by atoms with Crippen molar-refractivity contribution in [2.24, 2.45) is 0 Å². The number of pyridine rings is 1. The maximum absolute atomic E-state index is 12.3. The topological polar surface area (TPSA) is 53.4 Å². The second-order valence-electron chi connectivity index (χ2n) is 2.59. The van der Waals surface area contributed by atoms with Gasteiger partial charge in [-0.3, -0.25) is 0 Å². The number of aromatic hydroxyl groups is 1. The normalized spacial score (nSPS) is 10.9. The van der Waals surface area contributed by atoms with Crippen molar-refractivity contribution in [1.82, 2.24) is 4.98 Å². The predicted molar refractivity (Wildman–Crippen MR) is 46.3 cm³/mol. The third-order valence-corrected chi connectivity index (χ3v) is 1.96. The lowest BCUT2D eigenvalue weighted by Crippen LogP contribution is -2.00. The van der Waals surface area contributed by atoms with Gasteiger partial charge < -0.3 is 10.2 Å². The molecule has 0 aromatic carbocycles. The summed E-state index contributed by atoms with van der Waals surface area (Å²) in [4.78, 5) is 3.47. The highest BCUT2D eigenvalue weighted by atomic mass is 35.5. The summed E-state index contributed by atoms with van der Waals surface area (Å²) in [6.07, 6.45) is -2.86. The average Bonchev–Trinajstić information content (AvgIpc) is 2.16. The lowest BCUT2D eigenvalue weighted by atomic mass is 10.2. The fourth-order valence-electron chi connectivity index (χ4n) is 1.01. The number of hydrogen-bond donors (Lipinski definition) is 2. The molecule has 0 saturated carbocycles. The van der Waals surface area contributed by atoms with Crippen LogP contribution in [0.1, 0.15) is 23.4 Å². The van der Waals surface area contributed by atoms with Gasteiger partial charge in [-0.05, 0) is 6.07 Å². The quantitative estimate of drug-likeness (QED) is 0.771. The van der Waals surface area contributed by atoms with E-state index in [9.17, 15) is 8.78 Å². The molecule has 0 fully saturated rings. The molecule has 0 saturated heterocycles. The fourth-order valence-corrected chi connectivity index (χ4v) is 1.24. The number of rotatable bonds is 3. The van der Waals surface area contributed by atoms with Crippen molar-refractivity contribution in [3.05, 3.63) is 23.0 Å². The summed E-state index contributed by atoms with van der Waals surface area (Å²) < 4.78 is 24.5. The summed E-state index contributed by atoms with van der Waals surface area (Å²) in [6.45, 7) is -0.397. The number of aliphatic hydroxyl groups is 1. The van der Waals surface area contributed by atoms with Crippen molar-refractivity contribution in [3.8, 4) is 5.75 Å². The molecule has 0 aliphatic carbocycles. The third-order valence-electron chi connectivity index (χ3n) is 1.70. The van der Waals surface area contributed by atoms with Crippen LogP contribution < -0.4 is 0 Å². The molecule has 0 aliphatic rings. The Labute approximate surface area is 84.0 Å². The maximum atomic E-state index is 12.3. The zero-order valence-corrected chi connectivity index (χ0v) is 7.80. The zero-order valence-electron chi connectivity index (χ0n) is 7.04. The highest BCUT2D eigenvalue weighted by Gasteiger charge is 2.17. The molecule has 3 nitrogen and oxygen atoms in total. The lowest BCUT2D eigenvalue weighted by molar-refractivity contribution is 0.141. The molecule has 0 spiro atoms. The van der Waals surface area contributed by atoms with Crippen molar-refractivity contribution in [2.45, 2.75) is 18.9 Å². The van der Waals surface area contributed by atoms with Gasteiger partial charge in [-0.25, -0.2) is 13.8 Å². The molecule has 1 rings (SSSR count). The molecule has 0 unspecified atom stereocenters. The molecule has 78 valence electrons. The van der Waals surface area contributed by atoms with Crippen LogP contribution in [-0.4, -0.2) is 15.2 Å². The number of aliphatic hydroxyl groups excluding tert-OH is 1. The summed E-state index contributed by atoms with van der Waals surface area (Å²) in [5, 5.41) is 17.9. The monoisotopic (exact) mass is 223 g/mol. The van der Waals surface area contributed by atoms with Gasteiger partial charge in [-0.2, -0.15) is 0 Å². The van der Waals surface area contributed by atoms with Gasteiger partial charge in [0.15, 0.2) is 0 Å². The van der Waals surface area contributed by atoms with Gasteiger partial charge >= 0.3 is 0 Å². The van der Waals surface area contributed by atoms with Crippen LogP contribution in [0.3, 0.4) is 0 Å². The first kappa shape index (κ1) is 11.1. The van der Waals surface area contributed by atoms with E-state index < -0.39 is 24.5 Å². The van der Waals surface area contributed by atoms with Crippen LogP contribution in [0.4, 0.5) is 8.78 Å². The van der Waals surface area contributed by atoms with E-state index >= 15 is 0 Å². The minimum atomic E-state index is -2.86. The van der Waals surface area contributed by atoms with Crippen molar-refractivity contribution < 1.29 is 19.0 Å². The van der Waals surface area contributed by atoms with Crippen LogP contribution in [0.5, 0.6) is 5.75 Å². The molecule has 0 atom stereocenters. The van der Waals surface area contributed by atoms with Crippen LogP contribution in [0.25, 0.3) is 0 Å². The summed E-state index contributed by atoms with van der Waals surface area (Å²) in [6, 6.07) is 1.05. The second kappa shape index (κ2) is 4.52. The summed E-state index contributed by atoms with van der Waals surface area (Å²) >= 11 is 5.44. The Morgan fingerprint density at radius 2 is 2.14 bits per heavy atom. The molecule has 0 amide bonds. The second-order valence-corrected chi connectivity index (χ2v) is 2.86. The molecule has 0 aliphatic heterocycles. The Morgan fingerprint density at radius 1 is 1.50 bits per heavy atom. The van der Waals surface area contributed by atoms with E-state index in [1.54, 1.807) is 0 Å². The largest absolute Gasteiger partial charge is 0.506 e. The Balaban J connectivity index is 3.23. The Hall–Kier alpha value is -0.940. The zero-order chi connectivity index (χ0) is 10.7. The SMILES string of the molecule is OCc1cc(O)c(C(F)F)nc1CCl. The fraction of sp³-hybridized carbons (Fsp3) is 0.375. The van der Waals surface area contributed by atoms with Gasteiger partial charge in [0.2, 0.25) is 0 Å². The molecule has 1 aromatic heterocycles. The van der Waals surface area contributed by atoms with Crippen LogP contribution in [0.2, 0.25) is 0 Å². The van der Waals surface area contributed by atoms with E-state index in [-0.39, 0.29) is 17.1 Å². The van der Waals surface area contributed by atoms with Crippen LogP contribution in [-0.2, 0) is 12.5 Å². The Morgan fingerprint density at radius 3 is 2.57 bits per heavy atom. The number of hydrogen-bond acceptors (Lipinski definition) is 3. The molecule has 6 heteroatoms. The molecule has 1 heterocycles. The smallest absolute Gasteiger partial charge is 0.284 e. The molecule has 0 bridgehead atoms. The number of alkyl halides is 3. The number of halogens is 3. The van der Waals surface area contributed by atoms with E-state index in [4.69, 9.17) is 21.8 Å². The number of aromatic nitrogens is 1. The molecule has 1 aromatic rings. The molecule has 14 heavy (non-hydrogen) atoms. The van der Waals surface area contributed by atoms with E-state index in [2.05, 4.69) is 4.98 Å². The van der Waals surface area contributed by atoms with E-state index in [0.717, 1.165) is 6.07 Å². The van der Waals surface area contributed by atoms with E-state index in [0.29, 0.717) is 0 Å². The van der Waals surface area contributed by atoms with Gasteiger partial charge in [-0.1, -0.05) is 0 Å². The Bertz CT molecular complexity index is 333. The lowest BCUT2D eigenvalue weighted by Gasteiger charge is -2.08. The van der Waals surface area contributed by atoms with Crippen LogP contribution >= 0.6 is 11.6 Å². The highest BCUT2D eigenvalue weighted by Crippen LogP contribution is 2.28. The van der Waals surface area contributed by atoms with Crippen LogP contribution in [0.15, 0.2) is 6.07 Å². The third kappa shape index (κ3) is 2.10. The summed E-state index contributed by atoms with van der Waals surface area (Å²) in [7, 11) is 0. The van der Waals surface area contributed by atoms with Gasteiger partial charge in [0, 0.05) is 5.56 Å². The van der Waals surface area contributed by atoms with Gasteiger partial charge in [0.05, 0.1) is 18.2 Å². The first-order valence-corrected chi connectivity index (χ1v) is 4.30. The maximum Gasteiger partial charge on any atom is 0.284 e. The Kier molecular flexibility index (Phi) is 3.60. The van der Waals surface area contributed by atoms with Gasteiger partial charge in [0.25, 0.3) is 6.43 Å². The highest BCUT2D eigenvalue weighted by molar-refractivity contribution is 6.17. The molecular formula is C8H8ClF2NO2. The standard InChI is InChI=1S/C8H8ClF2NO2/c9-2-5-4(3-13)1-6(14)7(12-5)8(10)11/h1,8,13-14H,2-3H2. The van der Waals surface area contributed by atoms with Crippen molar-refractivity contribution in [2.75, 3.05) is 0 Å². The van der Waals surface area contributed by atoms with Crippen molar-refractivity contribution in [1.29, 1.82) is 0 Å². The molecular weight excluding hydrogens is 216 g/mol. The van der Waals surface area contributed by atoms with Crippen LogP contribution in [0, 0.1) is 0 Å². The number of nitrogens with zero attached hydrogens (tertiary/aromatic N) is 1. The molecule has 2 N–H and O–H groups in total. The van der Waals surface area contributed by atoms with Gasteiger partial charge in [-0.15, -0.1) is 11.6 Å². The van der Waals surface area contributed by atoms with Crippen molar-refractivity contribution >= 4 is 11.6 Å².